The molecule has 0 aromatic heterocycles. The van der Waals surface area contributed by atoms with Crippen LogP contribution in [-0.2, 0) is 9.53 Å². The largest absolute Gasteiger partial charge is 0.444 e. The van der Waals surface area contributed by atoms with Gasteiger partial charge >= 0.3 is 6.09 Å². The zero-order valence-electron chi connectivity index (χ0n) is 18.0. The number of amides is 2. The van der Waals surface area contributed by atoms with Gasteiger partial charge in [0.05, 0.1) is 5.41 Å². The first-order valence-corrected chi connectivity index (χ1v) is 10.8. The van der Waals surface area contributed by atoms with Crippen molar-refractivity contribution in [2.75, 3.05) is 26.2 Å². The molecule has 0 atom stereocenters. The molecule has 3 rings (SSSR count). The monoisotopic (exact) mass is 378 g/mol. The first-order chi connectivity index (χ1) is 12.5. The summed E-state index contributed by atoms with van der Waals surface area (Å²) in [6.45, 7) is 13.1. The van der Waals surface area contributed by atoms with E-state index in [1.165, 1.54) is 32.1 Å². The van der Waals surface area contributed by atoms with Gasteiger partial charge in [-0.15, -0.1) is 0 Å². The highest BCUT2D eigenvalue weighted by molar-refractivity contribution is 5.88. The average molecular weight is 379 g/mol. The van der Waals surface area contributed by atoms with Crippen LogP contribution < -0.4 is 0 Å². The number of hydrogen-bond acceptors (Lipinski definition) is 3. The van der Waals surface area contributed by atoms with E-state index in [2.05, 4.69) is 4.90 Å². The van der Waals surface area contributed by atoms with E-state index in [9.17, 15) is 9.59 Å². The quantitative estimate of drug-likeness (QED) is 0.682. The van der Waals surface area contributed by atoms with Crippen LogP contribution in [0.3, 0.4) is 0 Å². The molecule has 3 fully saturated rings. The minimum atomic E-state index is -0.454. The van der Waals surface area contributed by atoms with Crippen LogP contribution in [-0.4, -0.2) is 53.6 Å². The molecule has 0 radical (unpaired) electrons. The lowest BCUT2D eigenvalue weighted by Crippen LogP contribution is -2.63. The molecule has 2 heterocycles. The lowest BCUT2D eigenvalue weighted by molar-refractivity contribution is -0.162. The van der Waals surface area contributed by atoms with Gasteiger partial charge in [0, 0.05) is 26.2 Å². The number of ether oxygens (including phenoxy) is 1. The van der Waals surface area contributed by atoms with Gasteiger partial charge < -0.3 is 14.5 Å². The molecule has 0 N–H and O–H groups in total. The van der Waals surface area contributed by atoms with E-state index in [0.717, 1.165) is 39.0 Å². The number of hydrogen-bond donors (Lipinski definition) is 0. The highest BCUT2D eigenvalue weighted by atomic mass is 16.6. The Bertz CT molecular complexity index is 565. The van der Waals surface area contributed by atoms with Gasteiger partial charge in [-0.25, -0.2) is 4.79 Å². The molecule has 5 heteroatoms. The maximum absolute atomic E-state index is 12.6. The SMILES string of the molecule is CC(C)(C)OC(=O)N1CCC(CN2CC(C)(C)C2=O)(C2CCCCC2)CC1. The van der Waals surface area contributed by atoms with Crippen LogP contribution in [0, 0.1) is 16.7 Å². The molecule has 0 aromatic carbocycles. The van der Waals surface area contributed by atoms with Crippen molar-refractivity contribution in [1.29, 1.82) is 0 Å². The zero-order chi connectivity index (χ0) is 19.9. The zero-order valence-corrected chi connectivity index (χ0v) is 18.0. The summed E-state index contributed by atoms with van der Waals surface area (Å²) < 4.78 is 5.57. The summed E-state index contributed by atoms with van der Waals surface area (Å²) in [5, 5.41) is 0. The molecule has 1 saturated carbocycles. The number of likely N-dealkylation sites (tertiary alicyclic amines) is 2. The van der Waals surface area contributed by atoms with Crippen LogP contribution in [0.25, 0.3) is 0 Å². The normalized spacial score (nSPS) is 25.9. The summed E-state index contributed by atoms with van der Waals surface area (Å²) in [7, 11) is 0. The number of carbonyl (C=O) groups excluding carboxylic acids is 2. The van der Waals surface area contributed by atoms with Crippen molar-refractivity contribution in [3.8, 4) is 0 Å². The highest BCUT2D eigenvalue weighted by Crippen LogP contribution is 2.48. The van der Waals surface area contributed by atoms with Crippen LogP contribution in [0.5, 0.6) is 0 Å². The van der Waals surface area contributed by atoms with E-state index in [4.69, 9.17) is 4.74 Å². The summed E-state index contributed by atoms with van der Waals surface area (Å²) in [5.74, 6) is 0.982. The van der Waals surface area contributed by atoms with Crippen molar-refractivity contribution in [2.45, 2.75) is 85.2 Å². The summed E-state index contributed by atoms with van der Waals surface area (Å²) in [4.78, 5) is 29.0. The Labute approximate surface area is 164 Å². The van der Waals surface area contributed by atoms with Crippen LogP contribution in [0.2, 0.25) is 0 Å². The van der Waals surface area contributed by atoms with Crippen molar-refractivity contribution in [3.05, 3.63) is 0 Å². The topological polar surface area (TPSA) is 49.9 Å². The Balaban J connectivity index is 1.67. The van der Waals surface area contributed by atoms with Gasteiger partial charge in [-0.2, -0.15) is 0 Å². The summed E-state index contributed by atoms with van der Waals surface area (Å²) in [6, 6.07) is 0. The maximum Gasteiger partial charge on any atom is 0.410 e. The van der Waals surface area contributed by atoms with Crippen LogP contribution in [0.4, 0.5) is 4.79 Å². The third kappa shape index (κ3) is 4.43. The second-order valence-corrected chi connectivity index (χ2v) is 10.7. The molecule has 0 aromatic rings. The van der Waals surface area contributed by atoms with E-state index in [1.54, 1.807) is 0 Å². The molecule has 5 nitrogen and oxygen atoms in total. The Morgan fingerprint density at radius 1 is 1.11 bits per heavy atom. The second-order valence-electron chi connectivity index (χ2n) is 10.7. The van der Waals surface area contributed by atoms with E-state index in [1.807, 2.05) is 39.5 Å². The van der Waals surface area contributed by atoms with Crippen molar-refractivity contribution >= 4 is 12.0 Å². The first kappa shape index (κ1) is 20.5. The molecule has 1 aliphatic carbocycles. The molecule has 0 unspecified atom stereocenters. The minimum absolute atomic E-state index is 0.172. The Hall–Kier alpha value is -1.26. The fourth-order valence-electron chi connectivity index (χ4n) is 5.33. The third-order valence-corrected chi connectivity index (χ3v) is 6.84. The number of nitrogens with zero attached hydrogens (tertiary/aromatic N) is 2. The number of β-lactam (4-membered cyclic amide) rings is 1. The Kier molecular flexibility index (Phi) is 5.53. The van der Waals surface area contributed by atoms with Gasteiger partial charge in [-0.3, -0.25) is 4.79 Å². The van der Waals surface area contributed by atoms with Crippen LogP contribution >= 0.6 is 0 Å². The average Bonchev–Trinajstić information content (AvgIpc) is 2.60. The number of carbonyl (C=O) groups is 2. The lowest BCUT2D eigenvalue weighted by Gasteiger charge is -2.54. The van der Waals surface area contributed by atoms with Crippen LogP contribution in [0.1, 0.15) is 79.6 Å². The standard InChI is InChI=1S/C22H38N2O3/c1-20(2,3)27-19(26)23-13-11-22(12-14-23,17-9-7-6-8-10-17)16-24-15-21(4,5)18(24)25/h17H,6-16H2,1-5H3. The molecular formula is C22H38N2O3. The Morgan fingerprint density at radius 3 is 2.19 bits per heavy atom. The fraction of sp³-hybridized carbons (Fsp3) is 0.909. The van der Waals surface area contributed by atoms with Gasteiger partial charge in [-0.05, 0) is 71.6 Å². The van der Waals surface area contributed by atoms with Crippen molar-refractivity contribution < 1.29 is 14.3 Å². The smallest absolute Gasteiger partial charge is 0.410 e. The van der Waals surface area contributed by atoms with Gasteiger partial charge in [0.1, 0.15) is 5.60 Å². The molecular weight excluding hydrogens is 340 g/mol. The Morgan fingerprint density at radius 2 is 1.70 bits per heavy atom. The van der Waals surface area contributed by atoms with E-state index >= 15 is 0 Å². The van der Waals surface area contributed by atoms with E-state index < -0.39 is 5.60 Å². The second kappa shape index (κ2) is 7.29. The maximum atomic E-state index is 12.6. The molecule has 0 spiro atoms. The summed E-state index contributed by atoms with van der Waals surface area (Å²) >= 11 is 0. The molecule has 2 aliphatic heterocycles. The molecule has 154 valence electrons. The summed E-state index contributed by atoms with van der Waals surface area (Å²) in [6.07, 6.45) is 8.29. The predicted octanol–water partition coefficient (Wildman–Crippen LogP) is 4.45. The highest BCUT2D eigenvalue weighted by Gasteiger charge is 2.50. The van der Waals surface area contributed by atoms with E-state index in [-0.39, 0.29) is 16.9 Å². The third-order valence-electron chi connectivity index (χ3n) is 6.84. The number of rotatable bonds is 3. The molecule has 27 heavy (non-hydrogen) atoms. The van der Waals surface area contributed by atoms with Gasteiger partial charge in [0.15, 0.2) is 0 Å². The molecule has 2 amide bonds. The van der Waals surface area contributed by atoms with Gasteiger partial charge in [-0.1, -0.05) is 19.3 Å². The van der Waals surface area contributed by atoms with Crippen molar-refractivity contribution in [1.82, 2.24) is 9.80 Å². The lowest BCUT2D eigenvalue weighted by atomic mass is 9.62. The number of piperidine rings is 1. The van der Waals surface area contributed by atoms with Gasteiger partial charge in [0.2, 0.25) is 5.91 Å². The molecule has 0 bridgehead atoms. The minimum Gasteiger partial charge on any atom is -0.444 e. The van der Waals surface area contributed by atoms with E-state index in [0.29, 0.717) is 11.8 Å². The molecule has 3 aliphatic rings. The van der Waals surface area contributed by atoms with Crippen molar-refractivity contribution in [3.63, 3.8) is 0 Å². The van der Waals surface area contributed by atoms with Crippen LogP contribution in [0.15, 0.2) is 0 Å². The van der Waals surface area contributed by atoms with Gasteiger partial charge in [0.25, 0.3) is 0 Å². The predicted molar refractivity (Wildman–Crippen MR) is 106 cm³/mol. The fourth-order valence-corrected chi connectivity index (χ4v) is 5.33. The summed E-state index contributed by atoms with van der Waals surface area (Å²) in [5.41, 5.74) is -0.472. The first-order valence-electron chi connectivity index (χ1n) is 10.8. The molecule has 2 saturated heterocycles. The van der Waals surface area contributed by atoms with Crippen molar-refractivity contribution in [2.24, 2.45) is 16.7 Å².